The third kappa shape index (κ3) is 6.65. The Kier molecular flexibility index (Phi) is 9.53. The van der Waals surface area contributed by atoms with Crippen LogP contribution in [0.1, 0.15) is 62.1 Å². The first-order valence-corrected chi connectivity index (χ1v) is 17.4. The lowest BCUT2D eigenvalue weighted by atomic mass is 9.98. The molecule has 5 heterocycles. The standard InChI is InChI=1S/C32H44ClN7O3S/c1-2-22-17-21(18-26(33)28(22)34)19-27(30(41)38-12-5-24(6-13-38)37-10-3-4-11-37)35-31(42)39-14-7-25(8-15-39)40-20-23-9-16-44-29(23)36-32(40)43/h9,16-18,24-25,27H,2-8,10-15,19-20,34H2,1H3,(H,35,42)(H,36,43)/t27-/m1/s1. The normalized spacial score (nSPS) is 20.9. The number of anilines is 2. The highest BCUT2D eigenvalue weighted by atomic mass is 35.5. The predicted molar refractivity (Wildman–Crippen MR) is 175 cm³/mol. The number of carbonyl (C=O) groups excluding carboxylic acids is 3. The van der Waals surface area contributed by atoms with Gasteiger partial charge in [-0.25, -0.2) is 9.59 Å². The highest BCUT2D eigenvalue weighted by Crippen LogP contribution is 2.32. The Bertz CT molecular complexity index is 1360. The van der Waals surface area contributed by atoms with Gasteiger partial charge >= 0.3 is 12.1 Å². The van der Waals surface area contributed by atoms with E-state index in [1.165, 1.54) is 12.8 Å². The van der Waals surface area contributed by atoms with Crippen LogP contribution in [-0.4, -0.2) is 95.0 Å². The van der Waals surface area contributed by atoms with Crippen molar-refractivity contribution in [1.29, 1.82) is 0 Å². The van der Waals surface area contributed by atoms with E-state index in [9.17, 15) is 14.4 Å². The number of hydrogen-bond acceptors (Lipinski definition) is 6. The molecule has 238 valence electrons. The number of nitrogens with two attached hydrogens (primary N) is 1. The lowest BCUT2D eigenvalue weighted by Crippen LogP contribution is -2.57. The molecule has 3 fully saturated rings. The van der Waals surface area contributed by atoms with Gasteiger partial charge in [0.25, 0.3) is 0 Å². The van der Waals surface area contributed by atoms with Crippen molar-refractivity contribution >= 4 is 51.6 Å². The molecular formula is C32H44ClN7O3S. The second-order valence-electron chi connectivity index (χ2n) is 12.6. The van der Waals surface area contributed by atoms with Crippen molar-refractivity contribution in [2.45, 2.75) is 83.0 Å². The fourth-order valence-corrected chi connectivity index (χ4v) is 8.33. The van der Waals surface area contributed by atoms with Gasteiger partial charge in [-0.1, -0.05) is 24.6 Å². The van der Waals surface area contributed by atoms with Crippen LogP contribution >= 0.6 is 22.9 Å². The maximum atomic E-state index is 14.0. The number of halogens is 1. The minimum atomic E-state index is -0.710. The molecule has 1 atom stereocenters. The number of thiophene rings is 1. The van der Waals surface area contributed by atoms with Crippen molar-refractivity contribution in [1.82, 2.24) is 24.9 Å². The first-order valence-electron chi connectivity index (χ1n) is 16.1. The van der Waals surface area contributed by atoms with E-state index in [-0.39, 0.29) is 24.0 Å². The highest BCUT2D eigenvalue weighted by Gasteiger charge is 2.36. The largest absolute Gasteiger partial charge is 0.397 e. The van der Waals surface area contributed by atoms with E-state index in [4.69, 9.17) is 17.3 Å². The number of benzene rings is 1. The van der Waals surface area contributed by atoms with E-state index in [1.807, 2.05) is 34.2 Å². The molecule has 4 aliphatic rings. The minimum absolute atomic E-state index is 0.0457. The van der Waals surface area contributed by atoms with Gasteiger partial charge in [0.15, 0.2) is 0 Å². The van der Waals surface area contributed by atoms with Crippen LogP contribution in [0.5, 0.6) is 0 Å². The van der Waals surface area contributed by atoms with Gasteiger partial charge in [0.05, 0.1) is 17.3 Å². The van der Waals surface area contributed by atoms with E-state index in [2.05, 4.69) is 21.6 Å². The summed E-state index contributed by atoms with van der Waals surface area (Å²) < 4.78 is 0. The molecule has 3 saturated heterocycles. The lowest BCUT2D eigenvalue weighted by Gasteiger charge is -2.40. The van der Waals surface area contributed by atoms with Gasteiger partial charge < -0.3 is 30.7 Å². The number of carbonyl (C=O) groups is 3. The van der Waals surface area contributed by atoms with Crippen molar-refractivity contribution < 1.29 is 14.4 Å². The molecule has 44 heavy (non-hydrogen) atoms. The van der Waals surface area contributed by atoms with Gasteiger partial charge in [-0.05, 0) is 86.7 Å². The number of fused-ring (bicyclic) bond motifs is 1. The molecular weight excluding hydrogens is 598 g/mol. The number of nitrogens with one attached hydrogen (secondary N) is 2. The van der Waals surface area contributed by atoms with Gasteiger partial charge in [0.1, 0.15) is 11.0 Å². The van der Waals surface area contributed by atoms with Crippen LogP contribution in [0.2, 0.25) is 5.02 Å². The number of nitrogen functional groups attached to an aromatic ring is 1. The molecule has 4 N–H and O–H groups in total. The lowest BCUT2D eigenvalue weighted by molar-refractivity contribution is -0.134. The molecule has 0 aliphatic carbocycles. The fourth-order valence-electron chi connectivity index (χ4n) is 7.27. The molecule has 2 aromatic rings. The van der Waals surface area contributed by atoms with E-state index in [0.717, 1.165) is 54.0 Å². The molecule has 1 aromatic heterocycles. The number of likely N-dealkylation sites (tertiary alicyclic amines) is 3. The van der Waals surface area contributed by atoms with Gasteiger partial charge in [0, 0.05) is 50.2 Å². The number of aryl methyl sites for hydroxylation is 1. The highest BCUT2D eigenvalue weighted by molar-refractivity contribution is 7.14. The van der Waals surface area contributed by atoms with Crippen molar-refractivity contribution in [3.05, 3.63) is 45.3 Å². The zero-order valence-corrected chi connectivity index (χ0v) is 27.1. The monoisotopic (exact) mass is 641 g/mol. The third-order valence-corrected chi connectivity index (χ3v) is 11.1. The first kappa shape index (κ1) is 31.0. The fraction of sp³-hybridized carbons (Fsp3) is 0.594. The third-order valence-electron chi connectivity index (χ3n) is 9.89. The van der Waals surface area contributed by atoms with E-state index in [0.29, 0.717) is 68.7 Å². The Balaban J connectivity index is 1.11. The number of piperidine rings is 2. The number of rotatable bonds is 7. The number of nitrogens with zero attached hydrogens (tertiary/aromatic N) is 4. The summed E-state index contributed by atoms with van der Waals surface area (Å²) in [6.07, 6.45) is 6.90. The van der Waals surface area contributed by atoms with E-state index in [1.54, 1.807) is 16.2 Å². The molecule has 0 radical (unpaired) electrons. The summed E-state index contributed by atoms with van der Waals surface area (Å²) in [4.78, 5) is 48.6. The number of hydrogen-bond donors (Lipinski definition) is 3. The van der Waals surface area contributed by atoms with E-state index < -0.39 is 6.04 Å². The summed E-state index contributed by atoms with van der Waals surface area (Å²) in [5, 5.41) is 9.49. The molecule has 0 spiro atoms. The molecule has 0 bridgehead atoms. The molecule has 5 amide bonds. The Labute approximate surface area is 268 Å². The smallest absolute Gasteiger partial charge is 0.323 e. The summed E-state index contributed by atoms with van der Waals surface area (Å²) in [6.45, 7) is 7.37. The first-order chi connectivity index (χ1) is 21.3. The van der Waals surface area contributed by atoms with Crippen LogP contribution in [0.15, 0.2) is 23.6 Å². The average molecular weight is 642 g/mol. The van der Waals surface area contributed by atoms with Gasteiger partial charge in [-0.15, -0.1) is 11.3 Å². The maximum absolute atomic E-state index is 14.0. The van der Waals surface area contributed by atoms with Crippen LogP contribution in [-0.2, 0) is 24.2 Å². The van der Waals surface area contributed by atoms with Crippen LogP contribution in [0.4, 0.5) is 20.3 Å². The second kappa shape index (κ2) is 13.5. The van der Waals surface area contributed by atoms with Crippen LogP contribution in [0.25, 0.3) is 0 Å². The second-order valence-corrected chi connectivity index (χ2v) is 13.9. The van der Waals surface area contributed by atoms with Crippen molar-refractivity contribution in [3.63, 3.8) is 0 Å². The average Bonchev–Trinajstić information content (AvgIpc) is 3.74. The van der Waals surface area contributed by atoms with E-state index >= 15 is 0 Å². The van der Waals surface area contributed by atoms with Crippen molar-refractivity contribution in [2.24, 2.45) is 0 Å². The van der Waals surface area contributed by atoms with Gasteiger partial charge in [0.2, 0.25) is 5.91 Å². The topological polar surface area (TPSA) is 114 Å². The predicted octanol–water partition coefficient (Wildman–Crippen LogP) is 4.77. The van der Waals surface area contributed by atoms with Gasteiger partial charge in [-0.2, -0.15) is 0 Å². The Hall–Kier alpha value is -3.02. The zero-order chi connectivity index (χ0) is 30.8. The molecule has 0 unspecified atom stereocenters. The maximum Gasteiger partial charge on any atom is 0.323 e. The minimum Gasteiger partial charge on any atom is -0.397 e. The summed E-state index contributed by atoms with van der Waals surface area (Å²) in [7, 11) is 0. The van der Waals surface area contributed by atoms with Crippen molar-refractivity contribution in [2.75, 3.05) is 50.3 Å². The SMILES string of the molecule is CCc1cc(C[C@@H](NC(=O)N2CCC(N3Cc4ccsc4NC3=O)CC2)C(=O)N2CCC(N3CCCC3)CC2)cc(Cl)c1N. The Morgan fingerprint density at radius 2 is 1.73 bits per heavy atom. The quantitative estimate of drug-likeness (QED) is 0.377. The number of amides is 5. The van der Waals surface area contributed by atoms with Gasteiger partial charge in [-0.3, -0.25) is 10.1 Å². The zero-order valence-electron chi connectivity index (χ0n) is 25.5. The summed E-state index contributed by atoms with van der Waals surface area (Å²) in [5.74, 6) is -0.0457. The summed E-state index contributed by atoms with van der Waals surface area (Å²) in [6, 6.07) is 5.44. The molecule has 12 heteroatoms. The molecule has 0 saturated carbocycles. The molecule has 1 aromatic carbocycles. The van der Waals surface area contributed by atoms with Crippen molar-refractivity contribution in [3.8, 4) is 0 Å². The molecule has 10 nitrogen and oxygen atoms in total. The summed E-state index contributed by atoms with van der Waals surface area (Å²) in [5.41, 5.74) is 9.71. The molecule has 4 aliphatic heterocycles. The number of urea groups is 2. The van der Waals surface area contributed by atoms with Crippen LogP contribution < -0.4 is 16.4 Å². The molecule has 6 rings (SSSR count). The van der Waals surface area contributed by atoms with Crippen LogP contribution in [0.3, 0.4) is 0 Å². The Morgan fingerprint density at radius 1 is 1.05 bits per heavy atom. The Morgan fingerprint density at radius 3 is 2.43 bits per heavy atom. The summed E-state index contributed by atoms with van der Waals surface area (Å²) >= 11 is 8.02. The van der Waals surface area contributed by atoms with Crippen LogP contribution in [0, 0.1) is 0 Å².